The molecule has 27 heavy (non-hydrogen) atoms. The highest BCUT2D eigenvalue weighted by atomic mass is 32.2. The van der Waals surface area contributed by atoms with E-state index < -0.39 is 10.0 Å². The van der Waals surface area contributed by atoms with E-state index in [1.807, 2.05) is 48.5 Å². The number of fused-ring (bicyclic) bond motifs is 1. The number of methoxy groups -OCH3 is 2. The lowest BCUT2D eigenvalue weighted by atomic mass is 10.1. The van der Waals surface area contributed by atoms with Crippen LogP contribution in [0.5, 0.6) is 11.5 Å². The molecule has 0 saturated carbocycles. The molecule has 0 saturated heterocycles. The third kappa shape index (κ3) is 4.07. The van der Waals surface area contributed by atoms with Gasteiger partial charge in [-0.15, -0.1) is 0 Å². The van der Waals surface area contributed by atoms with E-state index >= 15 is 0 Å². The largest absolute Gasteiger partial charge is 0.493 e. The molecule has 0 aliphatic rings. The lowest BCUT2D eigenvalue weighted by molar-refractivity contribution is 0.354. The molecule has 0 aliphatic carbocycles. The Morgan fingerprint density at radius 2 is 1.56 bits per heavy atom. The van der Waals surface area contributed by atoms with Crippen molar-refractivity contribution in [1.29, 1.82) is 0 Å². The highest BCUT2D eigenvalue weighted by Crippen LogP contribution is 2.28. The summed E-state index contributed by atoms with van der Waals surface area (Å²) in [6, 6.07) is 18.5. The monoisotopic (exact) mass is 385 g/mol. The Morgan fingerprint density at radius 3 is 2.26 bits per heavy atom. The van der Waals surface area contributed by atoms with Gasteiger partial charge >= 0.3 is 0 Å². The molecule has 0 fully saturated rings. The molecule has 0 bridgehead atoms. The topological polar surface area (TPSA) is 55.8 Å². The van der Waals surface area contributed by atoms with Crippen LogP contribution in [0.2, 0.25) is 0 Å². The molecule has 142 valence electrons. The van der Waals surface area contributed by atoms with Crippen molar-refractivity contribution in [3.05, 3.63) is 66.2 Å². The minimum absolute atomic E-state index is 0.302. The minimum atomic E-state index is -3.55. The predicted molar refractivity (Wildman–Crippen MR) is 107 cm³/mol. The van der Waals surface area contributed by atoms with E-state index in [0.29, 0.717) is 29.4 Å². The maximum atomic E-state index is 12.9. The molecule has 3 rings (SSSR count). The summed E-state index contributed by atoms with van der Waals surface area (Å²) < 4.78 is 37.7. The van der Waals surface area contributed by atoms with Gasteiger partial charge in [0, 0.05) is 13.6 Å². The summed E-state index contributed by atoms with van der Waals surface area (Å²) in [5, 5.41) is 1.93. The number of ether oxygens (including phenoxy) is 2. The molecule has 0 aromatic heterocycles. The average Bonchev–Trinajstić information content (AvgIpc) is 2.71. The van der Waals surface area contributed by atoms with Crippen LogP contribution in [0.3, 0.4) is 0 Å². The third-order valence-electron chi connectivity index (χ3n) is 4.59. The Bertz CT molecular complexity index is 1050. The second-order valence-electron chi connectivity index (χ2n) is 6.27. The van der Waals surface area contributed by atoms with Crippen molar-refractivity contribution >= 4 is 20.8 Å². The summed E-state index contributed by atoms with van der Waals surface area (Å²) in [5.41, 5.74) is 0.980. The van der Waals surface area contributed by atoms with Gasteiger partial charge < -0.3 is 9.47 Å². The molecule has 0 aliphatic heterocycles. The van der Waals surface area contributed by atoms with E-state index in [0.717, 1.165) is 16.3 Å². The zero-order valence-electron chi connectivity index (χ0n) is 15.7. The number of hydrogen-bond donors (Lipinski definition) is 0. The van der Waals surface area contributed by atoms with Crippen molar-refractivity contribution in [2.75, 3.05) is 27.8 Å². The van der Waals surface area contributed by atoms with Crippen molar-refractivity contribution in [3.63, 3.8) is 0 Å². The molecule has 0 spiro atoms. The molecule has 0 radical (unpaired) electrons. The highest BCUT2D eigenvalue weighted by Gasteiger charge is 2.21. The van der Waals surface area contributed by atoms with Gasteiger partial charge in [-0.1, -0.05) is 36.4 Å². The van der Waals surface area contributed by atoms with Gasteiger partial charge in [0.1, 0.15) is 0 Å². The maximum absolute atomic E-state index is 12.9. The minimum Gasteiger partial charge on any atom is -0.493 e. The molecule has 3 aromatic carbocycles. The standard InChI is InChI=1S/C21H23NO4S/c1-22(13-12-16-8-11-20(25-2)21(14-16)26-3)27(23,24)19-10-9-17-6-4-5-7-18(17)15-19/h4-11,14-15H,12-13H2,1-3H3. The van der Waals surface area contributed by atoms with E-state index in [1.165, 1.54) is 4.31 Å². The van der Waals surface area contributed by atoms with Gasteiger partial charge in [-0.3, -0.25) is 0 Å². The molecule has 5 nitrogen and oxygen atoms in total. The Kier molecular flexibility index (Phi) is 5.68. The molecule has 6 heteroatoms. The van der Waals surface area contributed by atoms with Crippen molar-refractivity contribution in [1.82, 2.24) is 4.31 Å². The maximum Gasteiger partial charge on any atom is 0.242 e. The van der Waals surface area contributed by atoms with Crippen molar-refractivity contribution in [2.45, 2.75) is 11.3 Å². The van der Waals surface area contributed by atoms with Crippen LogP contribution in [0, 0.1) is 0 Å². The van der Waals surface area contributed by atoms with Gasteiger partial charge in [0.15, 0.2) is 11.5 Å². The molecule has 3 aromatic rings. The third-order valence-corrected chi connectivity index (χ3v) is 6.45. The van der Waals surface area contributed by atoms with Gasteiger partial charge in [-0.25, -0.2) is 12.7 Å². The summed E-state index contributed by atoms with van der Waals surface area (Å²) in [5.74, 6) is 1.29. The van der Waals surface area contributed by atoms with Crippen molar-refractivity contribution < 1.29 is 17.9 Å². The number of hydrogen-bond acceptors (Lipinski definition) is 4. The van der Waals surface area contributed by atoms with E-state index in [1.54, 1.807) is 33.4 Å². The van der Waals surface area contributed by atoms with Crippen LogP contribution in [-0.4, -0.2) is 40.5 Å². The second kappa shape index (κ2) is 7.98. The smallest absolute Gasteiger partial charge is 0.242 e. The van der Waals surface area contributed by atoms with Crippen molar-refractivity contribution in [2.24, 2.45) is 0 Å². The average molecular weight is 385 g/mol. The Morgan fingerprint density at radius 1 is 0.852 bits per heavy atom. The first-order valence-electron chi connectivity index (χ1n) is 8.62. The summed E-state index contributed by atoms with van der Waals surface area (Å²) in [7, 11) is 1.22. The number of rotatable bonds is 7. The van der Waals surface area contributed by atoms with Crippen LogP contribution in [0.25, 0.3) is 10.8 Å². The number of benzene rings is 3. The zero-order chi connectivity index (χ0) is 19.4. The Balaban J connectivity index is 1.77. The Hall–Kier alpha value is -2.57. The fourth-order valence-corrected chi connectivity index (χ4v) is 4.16. The van der Waals surface area contributed by atoms with Crippen LogP contribution < -0.4 is 9.47 Å². The molecule has 0 heterocycles. The highest BCUT2D eigenvalue weighted by molar-refractivity contribution is 7.89. The fraction of sp³-hybridized carbons (Fsp3) is 0.238. The van der Waals surface area contributed by atoms with Crippen LogP contribution in [0.15, 0.2) is 65.6 Å². The molecular formula is C21H23NO4S. The first-order valence-corrected chi connectivity index (χ1v) is 10.1. The van der Waals surface area contributed by atoms with E-state index in [9.17, 15) is 8.42 Å². The van der Waals surface area contributed by atoms with Gasteiger partial charge in [0.2, 0.25) is 10.0 Å². The van der Waals surface area contributed by atoms with Crippen LogP contribution in [-0.2, 0) is 16.4 Å². The van der Waals surface area contributed by atoms with Gasteiger partial charge in [0.05, 0.1) is 19.1 Å². The van der Waals surface area contributed by atoms with E-state index in [2.05, 4.69) is 0 Å². The zero-order valence-corrected chi connectivity index (χ0v) is 16.5. The summed E-state index contributed by atoms with van der Waals surface area (Å²) >= 11 is 0. The van der Waals surface area contributed by atoms with E-state index in [-0.39, 0.29) is 0 Å². The van der Waals surface area contributed by atoms with Crippen molar-refractivity contribution in [3.8, 4) is 11.5 Å². The molecule has 0 amide bonds. The summed E-state index contributed by atoms with van der Waals surface area (Å²) in [6.07, 6.45) is 0.573. The number of likely N-dealkylation sites (N-methyl/N-ethyl adjacent to an activating group) is 1. The van der Waals surface area contributed by atoms with Gasteiger partial charge in [0.25, 0.3) is 0 Å². The Labute approximate surface area is 160 Å². The molecule has 0 atom stereocenters. The predicted octanol–water partition coefficient (Wildman–Crippen LogP) is 3.72. The molecule has 0 unspecified atom stereocenters. The lowest BCUT2D eigenvalue weighted by Crippen LogP contribution is -2.29. The van der Waals surface area contributed by atoms with Crippen LogP contribution >= 0.6 is 0 Å². The lowest BCUT2D eigenvalue weighted by Gasteiger charge is -2.18. The SMILES string of the molecule is COc1ccc(CCN(C)S(=O)(=O)c2ccc3ccccc3c2)cc1OC. The van der Waals surface area contributed by atoms with Gasteiger partial charge in [-0.05, 0) is 47.0 Å². The van der Waals surface area contributed by atoms with Crippen LogP contribution in [0.1, 0.15) is 5.56 Å². The number of nitrogens with zero attached hydrogens (tertiary/aromatic N) is 1. The normalized spacial score (nSPS) is 11.7. The van der Waals surface area contributed by atoms with Crippen LogP contribution in [0.4, 0.5) is 0 Å². The molecule has 0 N–H and O–H groups in total. The first kappa shape index (κ1) is 19.2. The number of sulfonamides is 1. The summed E-state index contributed by atoms with van der Waals surface area (Å²) in [6.45, 7) is 0.366. The quantitative estimate of drug-likeness (QED) is 0.622. The van der Waals surface area contributed by atoms with E-state index in [4.69, 9.17) is 9.47 Å². The second-order valence-corrected chi connectivity index (χ2v) is 8.32. The van der Waals surface area contributed by atoms with Gasteiger partial charge in [-0.2, -0.15) is 0 Å². The first-order chi connectivity index (χ1) is 13.0. The summed E-state index contributed by atoms with van der Waals surface area (Å²) in [4.78, 5) is 0.302. The fourth-order valence-electron chi connectivity index (χ4n) is 2.95. The molecular weight excluding hydrogens is 362 g/mol.